The minimum Gasteiger partial charge on any atom is -0.477 e. The SMILES string of the molecule is CN(c1ccc(Nc2cccc(C(=O)O)n2)cc1)c1ccc(C23CC4CC(CC2C4)C3)cc1. The van der Waals surface area contributed by atoms with Crippen molar-refractivity contribution in [2.75, 3.05) is 17.3 Å². The Hall–Kier alpha value is -3.34. The molecule has 4 aliphatic rings. The van der Waals surface area contributed by atoms with E-state index in [-0.39, 0.29) is 5.69 Å². The summed E-state index contributed by atoms with van der Waals surface area (Å²) in [5.74, 6) is 2.34. The molecule has 0 radical (unpaired) electrons. The molecule has 4 fully saturated rings. The molecule has 3 aromatic rings. The predicted molar refractivity (Wildman–Crippen MR) is 131 cm³/mol. The molecule has 0 spiro atoms. The van der Waals surface area contributed by atoms with Gasteiger partial charge in [0.1, 0.15) is 5.82 Å². The van der Waals surface area contributed by atoms with Gasteiger partial charge in [-0.3, -0.25) is 0 Å². The van der Waals surface area contributed by atoms with Gasteiger partial charge in [-0.05, 0) is 109 Å². The molecule has 5 nitrogen and oxygen atoms in total. The molecule has 2 aromatic carbocycles. The normalized spacial score (nSPS) is 27.0. The second-order valence-electron chi connectivity index (χ2n) is 10.2. The highest BCUT2D eigenvalue weighted by Gasteiger charge is 2.58. The van der Waals surface area contributed by atoms with E-state index in [4.69, 9.17) is 5.11 Å². The topological polar surface area (TPSA) is 65.5 Å². The van der Waals surface area contributed by atoms with Gasteiger partial charge in [-0.2, -0.15) is 0 Å². The monoisotopic (exact) mass is 439 g/mol. The first-order chi connectivity index (χ1) is 16.0. The summed E-state index contributed by atoms with van der Waals surface area (Å²) < 4.78 is 0. The summed E-state index contributed by atoms with van der Waals surface area (Å²) in [5, 5.41) is 12.3. The number of aromatic nitrogens is 1. The summed E-state index contributed by atoms with van der Waals surface area (Å²) >= 11 is 0. The van der Waals surface area contributed by atoms with E-state index in [1.807, 2.05) is 12.1 Å². The molecule has 0 saturated heterocycles. The number of carboxylic acid groups (broad SMARTS) is 1. The molecule has 4 bridgehead atoms. The van der Waals surface area contributed by atoms with Crippen LogP contribution in [0.25, 0.3) is 0 Å². The van der Waals surface area contributed by atoms with Crippen molar-refractivity contribution in [1.29, 1.82) is 0 Å². The average Bonchev–Trinajstić information content (AvgIpc) is 3.24. The summed E-state index contributed by atoms with van der Waals surface area (Å²) in [6.45, 7) is 0. The van der Waals surface area contributed by atoms with Crippen molar-refractivity contribution in [3.05, 3.63) is 78.0 Å². The van der Waals surface area contributed by atoms with Gasteiger partial charge < -0.3 is 15.3 Å². The molecule has 0 aliphatic heterocycles. The molecular weight excluding hydrogens is 410 g/mol. The van der Waals surface area contributed by atoms with E-state index >= 15 is 0 Å². The molecule has 168 valence electrons. The Morgan fingerprint density at radius 2 is 1.58 bits per heavy atom. The fourth-order valence-corrected chi connectivity index (χ4v) is 6.97. The van der Waals surface area contributed by atoms with E-state index in [2.05, 4.69) is 58.6 Å². The van der Waals surface area contributed by atoms with Crippen LogP contribution < -0.4 is 10.2 Å². The highest BCUT2D eigenvalue weighted by molar-refractivity contribution is 5.85. The molecule has 0 amide bonds. The van der Waals surface area contributed by atoms with Crippen LogP contribution in [0.3, 0.4) is 0 Å². The Kier molecular flexibility index (Phi) is 4.68. The molecule has 1 heterocycles. The van der Waals surface area contributed by atoms with Crippen molar-refractivity contribution >= 4 is 28.8 Å². The first-order valence-corrected chi connectivity index (χ1v) is 11.9. The molecule has 2 N–H and O–H groups in total. The van der Waals surface area contributed by atoms with Crippen LogP contribution in [0.1, 0.15) is 48.2 Å². The fraction of sp³-hybridized carbons (Fsp3) is 0.357. The molecule has 4 saturated carbocycles. The van der Waals surface area contributed by atoms with Crippen LogP contribution in [0.5, 0.6) is 0 Å². The Morgan fingerprint density at radius 1 is 0.939 bits per heavy atom. The zero-order valence-electron chi connectivity index (χ0n) is 18.9. The number of pyridine rings is 1. The Balaban J connectivity index is 1.16. The maximum absolute atomic E-state index is 11.1. The summed E-state index contributed by atoms with van der Waals surface area (Å²) in [4.78, 5) is 17.5. The van der Waals surface area contributed by atoms with Gasteiger partial charge in [0, 0.05) is 24.1 Å². The molecule has 33 heavy (non-hydrogen) atoms. The predicted octanol–water partition coefficient (Wildman–Crippen LogP) is 6.37. The van der Waals surface area contributed by atoms with Crippen LogP contribution in [-0.2, 0) is 5.41 Å². The van der Waals surface area contributed by atoms with Crippen LogP contribution in [0.15, 0.2) is 66.7 Å². The lowest BCUT2D eigenvalue weighted by Crippen LogP contribution is -2.27. The maximum atomic E-state index is 11.1. The summed E-state index contributed by atoms with van der Waals surface area (Å²) in [7, 11) is 2.09. The number of nitrogens with zero attached hydrogens (tertiary/aromatic N) is 2. The van der Waals surface area contributed by atoms with Gasteiger partial charge in [-0.1, -0.05) is 18.2 Å². The van der Waals surface area contributed by atoms with Gasteiger partial charge in [0.2, 0.25) is 0 Å². The number of carboxylic acids is 1. The van der Waals surface area contributed by atoms with E-state index in [1.54, 1.807) is 17.7 Å². The third kappa shape index (κ3) is 3.47. The van der Waals surface area contributed by atoms with Crippen LogP contribution in [0, 0.1) is 17.8 Å². The molecule has 5 heteroatoms. The zero-order valence-corrected chi connectivity index (χ0v) is 18.9. The quantitative estimate of drug-likeness (QED) is 0.467. The number of carbonyl (C=O) groups is 1. The highest BCUT2D eigenvalue weighted by Crippen LogP contribution is 2.65. The van der Waals surface area contributed by atoms with Gasteiger partial charge in [0.15, 0.2) is 5.69 Å². The van der Waals surface area contributed by atoms with Crippen molar-refractivity contribution in [2.45, 2.75) is 37.5 Å². The largest absolute Gasteiger partial charge is 0.477 e. The Bertz CT molecular complexity index is 1170. The van der Waals surface area contributed by atoms with E-state index in [0.717, 1.165) is 29.1 Å². The number of benzene rings is 2. The number of hydrogen-bond donors (Lipinski definition) is 2. The van der Waals surface area contributed by atoms with Crippen molar-refractivity contribution in [3.63, 3.8) is 0 Å². The van der Waals surface area contributed by atoms with Crippen molar-refractivity contribution in [1.82, 2.24) is 4.98 Å². The van der Waals surface area contributed by atoms with E-state index in [0.29, 0.717) is 11.2 Å². The number of anilines is 4. The Labute approximate surface area is 194 Å². The lowest BCUT2D eigenvalue weighted by molar-refractivity contribution is 0.0690. The summed E-state index contributed by atoms with van der Waals surface area (Å²) in [6, 6.07) is 22.3. The van der Waals surface area contributed by atoms with Crippen LogP contribution in [0.2, 0.25) is 0 Å². The second kappa shape index (κ2) is 7.62. The standard InChI is InChI=1S/C28H29N3O2/c1-31(24-11-7-22(8-12-24)29-26-4-2-3-25(30-26)27(32)33)23-9-5-20(6-10-23)28-16-18-13-19(17-28)15-21(28)14-18/h2-12,18-19,21H,13-17H2,1H3,(H,29,30)(H,32,33). The highest BCUT2D eigenvalue weighted by atomic mass is 16.4. The van der Waals surface area contributed by atoms with Gasteiger partial charge >= 0.3 is 5.97 Å². The second-order valence-corrected chi connectivity index (χ2v) is 10.2. The van der Waals surface area contributed by atoms with Crippen LogP contribution >= 0.6 is 0 Å². The minimum atomic E-state index is -1.03. The summed E-state index contributed by atoms with van der Waals surface area (Å²) in [5.41, 5.74) is 5.19. The van der Waals surface area contributed by atoms with Gasteiger partial charge in [-0.15, -0.1) is 0 Å². The van der Waals surface area contributed by atoms with E-state index < -0.39 is 5.97 Å². The molecule has 7 rings (SSSR count). The minimum absolute atomic E-state index is 0.0258. The van der Waals surface area contributed by atoms with Crippen LogP contribution in [0.4, 0.5) is 22.9 Å². The first kappa shape index (κ1) is 20.3. The Morgan fingerprint density at radius 3 is 2.21 bits per heavy atom. The number of hydrogen-bond acceptors (Lipinski definition) is 4. The molecular formula is C28H29N3O2. The summed E-state index contributed by atoms with van der Waals surface area (Å²) in [6.07, 6.45) is 7.19. The lowest BCUT2D eigenvalue weighted by Gasteiger charge is -2.34. The molecule has 2 unspecified atom stereocenters. The fourth-order valence-electron chi connectivity index (χ4n) is 6.97. The van der Waals surface area contributed by atoms with E-state index in [1.165, 1.54) is 43.9 Å². The first-order valence-electron chi connectivity index (χ1n) is 11.9. The smallest absolute Gasteiger partial charge is 0.354 e. The number of aromatic carboxylic acids is 1. The van der Waals surface area contributed by atoms with Gasteiger partial charge in [0.05, 0.1) is 0 Å². The van der Waals surface area contributed by atoms with Crippen molar-refractivity contribution < 1.29 is 9.90 Å². The van der Waals surface area contributed by atoms with Crippen LogP contribution in [-0.4, -0.2) is 23.1 Å². The number of nitrogens with one attached hydrogen (secondary N) is 1. The third-order valence-corrected chi connectivity index (χ3v) is 8.31. The zero-order chi connectivity index (χ0) is 22.6. The lowest BCUT2D eigenvalue weighted by atomic mass is 9.71. The third-order valence-electron chi connectivity index (χ3n) is 8.31. The van der Waals surface area contributed by atoms with Gasteiger partial charge in [0.25, 0.3) is 0 Å². The van der Waals surface area contributed by atoms with Gasteiger partial charge in [-0.25, -0.2) is 9.78 Å². The molecule has 2 atom stereocenters. The van der Waals surface area contributed by atoms with Crippen molar-refractivity contribution in [2.24, 2.45) is 17.8 Å². The number of rotatable bonds is 6. The van der Waals surface area contributed by atoms with E-state index in [9.17, 15) is 4.79 Å². The molecule has 4 aliphatic carbocycles. The maximum Gasteiger partial charge on any atom is 0.354 e. The molecule has 1 aromatic heterocycles. The van der Waals surface area contributed by atoms with Crippen molar-refractivity contribution in [3.8, 4) is 0 Å². The average molecular weight is 440 g/mol.